The Bertz CT molecular complexity index is 761. The average molecular weight is 378 g/mol. The van der Waals surface area contributed by atoms with E-state index in [2.05, 4.69) is 0 Å². The van der Waals surface area contributed by atoms with Gasteiger partial charge < -0.3 is 23.7 Å². The molecule has 0 bridgehead atoms. The fourth-order valence-corrected chi connectivity index (χ4v) is 4.04. The molecule has 2 saturated heterocycles. The molecule has 0 saturated carbocycles. The first-order chi connectivity index (χ1) is 13.0. The Hall–Kier alpha value is -2.35. The molecule has 1 aromatic rings. The minimum Gasteiger partial charge on any atom is -0.490 e. The van der Waals surface area contributed by atoms with Crippen molar-refractivity contribution in [3.05, 3.63) is 28.3 Å². The molecule has 3 rings (SSSR count). The number of rotatable bonds is 5. The molecule has 0 aromatic carbocycles. The van der Waals surface area contributed by atoms with Gasteiger partial charge in [0.1, 0.15) is 6.26 Å². The van der Waals surface area contributed by atoms with E-state index in [1.54, 1.807) is 12.0 Å². The van der Waals surface area contributed by atoms with Crippen molar-refractivity contribution < 1.29 is 23.5 Å². The second-order valence-corrected chi connectivity index (χ2v) is 7.32. The van der Waals surface area contributed by atoms with Crippen molar-refractivity contribution in [2.75, 3.05) is 47.0 Å². The van der Waals surface area contributed by atoms with Crippen LogP contribution in [0.1, 0.15) is 36.2 Å². The third-order valence-electron chi connectivity index (χ3n) is 5.49. The van der Waals surface area contributed by atoms with Crippen molar-refractivity contribution in [2.45, 2.75) is 25.7 Å². The second-order valence-electron chi connectivity index (χ2n) is 7.32. The van der Waals surface area contributed by atoms with Crippen LogP contribution < -0.4 is 10.2 Å². The normalized spacial score (nSPS) is 23.0. The average Bonchev–Trinajstić information content (AvgIpc) is 2.68. The fraction of sp³-hybridized carbons (Fsp3) is 0.632. The Morgan fingerprint density at radius 3 is 2.78 bits per heavy atom. The maximum atomic E-state index is 12.8. The van der Waals surface area contributed by atoms with Crippen LogP contribution in [0.4, 0.5) is 0 Å². The summed E-state index contributed by atoms with van der Waals surface area (Å²) >= 11 is 0. The van der Waals surface area contributed by atoms with E-state index in [0.717, 1.165) is 19.3 Å². The molecule has 148 valence electrons. The van der Waals surface area contributed by atoms with Gasteiger partial charge in [-0.2, -0.15) is 0 Å². The number of carbonyl (C=O) groups excluding carboxylic acids is 2. The van der Waals surface area contributed by atoms with E-state index in [-0.39, 0.29) is 34.2 Å². The molecule has 3 heterocycles. The number of piperidine rings is 2. The summed E-state index contributed by atoms with van der Waals surface area (Å²) in [7, 11) is 3.00. The quantitative estimate of drug-likeness (QED) is 0.763. The summed E-state index contributed by atoms with van der Waals surface area (Å²) < 4.78 is 15.3. The van der Waals surface area contributed by atoms with Crippen LogP contribution >= 0.6 is 0 Å². The maximum absolute atomic E-state index is 12.8. The van der Waals surface area contributed by atoms with Crippen LogP contribution in [0, 0.1) is 5.41 Å². The van der Waals surface area contributed by atoms with Crippen LogP contribution in [0.3, 0.4) is 0 Å². The Kier molecular flexibility index (Phi) is 5.84. The van der Waals surface area contributed by atoms with Crippen molar-refractivity contribution in [3.8, 4) is 5.75 Å². The zero-order chi connectivity index (χ0) is 19.4. The molecule has 2 aliphatic rings. The van der Waals surface area contributed by atoms with Gasteiger partial charge in [0.25, 0.3) is 5.91 Å². The zero-order valence-electron chi connectivity index (χ0n) is 15.9. The summed E-state index contributed by atoms with van der Waals surface area (Å²) in [5.74, 6) is -0.0707. The van der Waals surface area contributed by atoms with Crippen molar-refractivity contribution in [2.24, 2.45) is 5.41 Å². The second kappa shape index (κ2) is 8.12. The summed E-state index contributed by atoms with van der Waals surface area (Å²) in [5.41, 5.74) is -0.490. The van der Waals surface area contributed by atoms with Crippen LogP contribution in [-0.4, -0.2) is 68.6 Å². The molecule has 0 radical (unpaired) electrons. The molecule has 2 aliphatic heterocycles. The topological polar surface area (TPSA) is 89.3 Å². The predicted molar refractivity (Wildman–Crippen MR) is 96.8 cm³/mol. The number of hydrogen-bond donors (Lipinski definition) is 0. The number of hydrogen-bond acceptors (Lipinski definition) is 6. The highest BCUT2D eigenvalue weighted by Gasteiger charge is 2.43. The molecule has 2 amide bonds. The van der Waals surface area contributed by atoms with Gasteiger partial charge in [0.2, 0.25) is 17.1 Å². The smallest absolute Gasteiger partial charge is 0.289 e. The lowest BCUT2D eigenvalue weighted by Crippen LogP contribution is -2.55. The summed E-state index contributed by atoms with van der Waals surface area (Å²) in [6.07, 6.45) is 4.26. The first-order valence-electron chi connectivity index (χ1n) is 9.21. The van der Waals surface area contributed by atoms with Gasteiger partial charge in [-0.15, -0.1) is 0 Å². The van der Waals surface area contributed by atoms with E-state index in [1.807, 2.05) is 4.90 Å². The summed E-state index contributed by atoms with van der Waals surface area (Å²) in [6.45, 7) is 2.87. The Morgan fingerprint density at radius 2 is 2.07 bits per heavy atom. The summed E-state index contributed by atoms with van der Waals surface area (Å²) in [4.78, 5) is 40.5. The first kappa shape index (κ1) is 19.4. The minimum absolute atomic E-state index is 0.0148. The number of likely N-dealkylation sites (tertiary alicyclic amines) is 2. The van der Waals surface area contributed by atoms with Gasteiger partial charge in [-0.1, -0.05) is 0 Å². The lowest BCUT2D eigenvalue weighted by molar-refractivity contribution is -0.139. The van der Waals surface area contributed by atoms with Crippen LogP contribution in [0.25, 0.3) is 0 Å². The predicted octanol–water partition coefficient (Wildman–Crippen LogP) is 1.14. The molecule has 8 heteroatoms. The molecule has 0 unspecified atom stereocenters. The van der Waals surface area contributed by atoms with Gasteiger partial charge in [-0.3, -0.25) is 14.4 Å². The molecule has 27 heavy (non-hydrogen) atoms. The Labute approximate surface area is 158 Å². The molecular weight excluding hydrogens is 352 g/mol. The highest BCUT2D eigenvalue weighted by atomic mass is 16.5. The van der Waals surface area contributed by atoms with E-state index in [9.17, 15) is 14.4 Å². The van der Waals surface area contributed by atoms with Crippen LogP contribution in [-0.2, 0) is 9.53 Å². The number of methoxy groups -OCH3 is 2. The molecular formula is C19H26N2O6. The maximum Gasteiger partial charge on any atom is 0.289 e. The van der Waals surface area contributed by atoms with Gasteiger partial charge in [0.05, 0.1) is 13.7 Å². The third-order valence-corrected chi connectivity index (χ3v) is 5.49. The number of ether oxygens (including phenoxy) is 2. The number of carbonyl (C=O) groups is 2. The van der Waals surface area contributed by atoms with E-state index >= 15 is 0 Å². The van der Waals surface area contributed by atoms with E-state index < -0.39 is 0 Å². The Balaban J connectivity index is 1.73. The molecule has 0 aliphatic carbocycles. The van der Waals surface area contributed by atoms with Crippen LogP contribution in [0.15, 0.2) is 21.5 Å². The molecule has 1 spiro atoms. The van der Waals surface area contributed by atoms with Gasteiger partial charge in [-0.25, -0.2) is 0 Å². The van der Waals surface area contributed by atoms with Gasteiger partial charge >= 0.3 is 0 Å². The number of nitrogens with zero attached hydrogens (tertiary/aromatic N) is 2. The SMILES string of the molecule is COCCN1C[C@@]2(CCCN(C(=O)c3cc(=O)c(OC)co3)C2)CCC1=O. The van der Waals surface area contributed by atoms with E-state index in [1.165, 1.54) is 19.4 Å². The monoisotopic (exact) mass is 378 g/mol. The standard InChI is InChI=1S/C19H26N2O6/c1-25-9-8-20-12-19(6-4-17(20)23)5-3-7-21(13-19)18(24)15-10-14(22)16(26-2)11-27-15/h10-11H,3-9,12-13H2,1-2H3/t19-/m1/s1. The molecule has 0 N–H and O–H groups in total. The minimum atomic E-state index is -0.382. The van der Waals surface area contributed by atoms with Crippen molar-refractivity contribution in [1.82, 2.24) is 9.80 Å². The van der Waals surface area contributed by atoms with E-state index in [4.69, 9.17) is 13.9 Å². The number of amides is 2. The highest BCUT2D eigenvalue weighted by molar-refractivity contribution is 5.91. The van der Waals surface area contributed by atoms with E-state index in [0.29, 0.717) is 39.2 Å². The van der Waals surface area contributed by atoms with Crippen molar-refractivity contribution in [1.29, 1.82) is 0 Å². The Morgan fingerprint density at radius 1 is 1.26 bits per heavy atom. The molecule has 8 nitrogen and oxygen atoms in total. The zero-order valence-corrected chi connectivity index (χ0v) is 15.9. The summed E-state index contributed by atoms with van der Waals surface area (Å²) in [5, 5.41) is 0. The molecule has 2 fully saturated rings. The van der Waals surface area contributed by atoms with Crippen LogP contribution in [0.2, 0.25) is 0 Å². The molecule has 1 atom stereocenters. The van der Waals surface area contributed by atoms with Gasteiger partial charge in [0, 0.05) is 51.2 Å². The third kappa shape index (κ3) is 4.16. The first-order valence-corrected chi connectivity index (χ1v) is 9.21. The van der Waals surface area contributed by atoms with Gasteiger partial charge in [-0.05, 0) is 19.3 Å². The van der Waals surface area contributed by atoms with Crippen LogP contribution in [0.5, 0.6) is 5.75 Å². The fourth-order valence-electron chi connectivity index (χ4n) is 4.04. The van der Waals surface area contributed by atoms with Gasteiger partial charge in [0.15, 0.2) is 5.76 Å². The lowest BCUT2D eigenvalue weighted by atomic mass is 9.73. The molecule has 1 aromatic heterocycles. The lowest BCUT2D eigenvalue weighted by Gasteiger charge is -2.48. The highest BCUT2D eigenvalue weighted by Crippen LogP contribution is 2.39. The summed E-state index contributed by atoms with van der Waals surface area (Å²) in [6, 6.07) is 1.18. The largest absolute Gasteiger partial charge is 0.490 e. The van der Waals surface area contributed by atoms with Crippen molar-refractivity contribution >= 4 is 11.8 Å². The van der Waals surface area contributed by atoms with Crippen molar-refractivity contribution in [3.63, 3.8) is 0 Å².